The van der Waals surface area contributed by atoms with Crippen molar-refractivity contribution in [3.63, 3.8) is 0 Å². The van der Waals surface area contributed by atoms with E-state index in [1.54, 1.807) is 49.5 Å². The summed E-state index contributed by atoms with van der Waals surface area (Å²) in [5.41, 5.74) is 2.51. The number of hydrogen-bond acceptors (Lipinski definition) is 5. The van der Waals surface area contributed by atoms with Crippen molar-refractivity contribution in [1.82, 2.24) is 9.88 Å². The highest BCUT2D eigenvalue weighted by molar-refractivity contribution is 7.92. The van der Waals surface area contributed by atoms with Crippen LogP contribution in [0.25, 0.3) is 10.9 Å². The summed E-state index contributed by atoms with van der Waals surface area (Å²) in [5.74, 6) is -1.59. The Labute approximate surface area is 203 Å². The summed E-state index contributed by atoms with van der Waals surface area (Å²) in [6.07, 6.45) is 1.52. The van der Waals surface area contributed by atoms with Crippen LogP contribution in [0.4, 0.5) is 5.69 Å². The quantitative estimate of drug-likeness (QED) is 0.409. The van der Waals surface area contributed by atoms with E-state index in [-0.39, 0.29) is 23.8 Å². The lowest BCUT2D eigenvalue weighted by molar-refractivity contribution is -0.139. The minimum Gasteiger partial charge on any atom is -0.278 e. The van der Waals surface area contributed by atoms with E-state index < -0.39 is 21.8 Å². The Kier molecular flexibility index (Phi) is 5.82. The van der Waals surface area contributed by atoms with Gasteiger partial charge in [0.05, 0.1) is 28.6 Å². The molecule has 1 aliphatic rings. The molecule has 0 bridgehead atoms. The third-order valence-corrected chi connectivity index (χ3v) is 7.77. The van der Waals surface area contributed by atoms with Gasteiger partial charge in [-0.1, -0.05) is 66.7 Å². The first-order valence-electron chi connectivity index (χ1n) is 11.2. The average molecular weight is 486 g/mol. The fourth-order valence-electron chi connectivity index (χ4n) is 4.56. The Balaban J connectivity index is 1.51. The highest BCUT2D eigenvalue weighted by Crippen LogP contribution is 2.37. The molecule has 0 aliphatic carbocycles. The van der Waals surface area contributed by atoms with E-state index in [1.165, 1.54) is 4.90 Å². The number of imide groups is 1. The van der Waals surface area contributed by atoms with Crippen molar-refractivity contribution in [1.29, 1.82) is 0 Å². The fraction of sp³-hybridized carbons (Fsp3) is 0.148. The summed E-state index contributed by atoms with van der Waals surface area (Å²) in [6.45, 7) is 1.84. The van der Waals surface area contributed by atoms with Crippen LogP contribution in [0, 0.1) is 6.92 Å². The van der Waals surface area contributed by atoms with Crippen molar-refractivity contribution in [2.75, 3.05) is 4.72 Å². The molecular formula is C27H23N3O4S. The number of likely N-dealkylation sites (tertiary alicyclic amines) is 1. The first-order chi connectivity index (χ1) is 16.8. The van der Waals surface area contributed by atoms with Crippen LogP contribution in [0.5, 0.6) is 0 Å². The van der Waals surface area contributed by atoms with Gasteiger partial charge in [-0.3, -0.25) is 24.2 Å². The monoisotopic (exact) mass is 485 g/mol. The maximum absolute atomic E-state index is 13.7. The Morgan fingerprint density at radius 2 is 1.69 bits per heavy atom. The van der Waals surface area contributed by atoms with E-state index in [9.17, 15) is 18.0 Å². The molecule has 1 unspecified atom stereocenters. The van der Waals surface area contributed by atoms with Crippen molar-refractivity contribution in [3.05, 3.63) is 102 Å². The number of sulfonamides is 1. The lowest BCUT2D eigenvalue weighted by Gasteiger charge is -2.19. The Morgan fingerprint density at radius 3 is 2.49 bits per heavy atom. The Morgan fingerprint density at radius 1 is 0.943 bits per heavy atom. The second-order valence-corrected chi connectivity index (χ2v) is 10.2. The molecule has 176 valence electrons. The van der Waals surface area contributed by atoms with E-state index in [1.807, 2.05) is 42.5 Å². The topological polar surface area (TPSA) is 96.4 Å². The minimum atomic E-state index is -4.09. The second-order valence-electron chi connectivity index (χ2n) is 8.54. The zero-order valence-corrected chi connectivity index (χ0v) is 19.8. The van der Waals surface area contributed by atoms with Gasteiger partial charge in [0.25, 0.3) is 10.0 Å². The molecule has 1 aliphatic heterocycles. The highest BCUT2D eigenvalue weighted by atomic mass is 32.2. The van der Waals surface area contributed by atoms with E-state index in [2.05, 4.69) is 9.71 Å². The van der Waals surface area contributed by atoms with Gasteiger partial charge in [0.15, 0.2) is 0 Å². The second kappa shape index (κ2) is 8.96. The normalized spacial score (nSPS) is 16.1. The Bertz CT molecular complexity index is 1550. The summed E-state index contributed by atoms with van der Waals surface area (Å²) in [7, 11) is -4.09. The number of aromatic nitrogens is 1. The van der Waals surface area contributed by atoms with Crippen molar-refractivity contribution >= 4 is 38.4 Å². The zero-order chi connectivity index (χ0) is 24.6. The van der Waals surface area contributed by atoms with E-state index in [4.69, 9.17) is 0 Å². The van der Waals surface area contributed by atoms with Gasteiger partial charge in [-0.25, -0.2) is 8.42 Å². The molecule has 2 amide bonds. The van der Waals surface area contributed by atoms with Gasteiger partial charge >= 0.3 is 0 Å². The van der Waals surface area contributed by atoms with Crippen LogP contribution in [0.3, 0.4) is 0 Å². The third-order valence-electron chi connectivity index (χ3n) is 6.19. The van der Waals surface area contributed by atoms with Crippen molar-refractivity contribution in [3.8, 4) is 0 Å². The Hall–Kier alpha value is -4.04. The number of benzene rings is 3. The van der Waals surface area contributed by atoms with E-state index >= 15 is 0 Å². The number of hydrogen-bond donors (Lipinski definition) is 1. The molecule has 0 saturated carbocycles. The molecule has 5 rings (SSSR count). The number of fused-ring (bicyclic) bond motifs is 1. The van der Waals surface area contributed by atoms with Gasteiger partial charge in [0.1, 0.15) is 0 Å². The molecule has 1 aromatic heterocycles. The van der Waals surface area contributed by atoms with Gasteiger partial charge in [0, 0.05) is 18.0 Å². The van der Waals surface area contributed by atoms with Gasteiger partial charge < -0.3 is 0 Å². The highest BCUT2D eigenvalue weighted by Gasteiger charge is 2.42. The number of anilines is 1. The van der Waals surface area contributed by atoms with Crippen LogP contribution in [0.15, 0.2) is 90.0 Å². The third kappa shape index (κ3) is 4.28. The van der Waals surface area contributed by atoms with Crippen molar-refractivity contribution < 1.29 is 18.0 Å². The predicted octanol–water partition coefficient (Wildman–Crippen LogP) is 4.39. The van der Waals surface area contributed by atoms with Crippen LogP contribution in [0.1, 0.15) is 29.0 Å². The molecule has 3 aromatic carbocycles. The van der Waals surface area contributed by atoms with Crippen LogP contribution in [0.2, 0.25) is 0 Å². The smallest absolute Gasteiger partial charge is 0.262 e. The fourth-order valence-corrected chi connectivity index (χ4v) is 6.13. The largest absolute Gasteiger partial charge is 0.278 e. The number of para-hydroxylation sites is 1. The van der Waals surface area contributed by atoms with E-state index in [0.29, 0.717) is 22.3 Å². The molecule has 2 heterocycles. The number of nitrogens with one attached hydrogen (secondary N) is 1. The lowest BCUT2D eigenvalue weighted by atomic mass is 9.96. The number of amides is 2. The molecule has 8 heteroatoms. The van der Waals surface area contributed by atoms with Crippen molar-refractivity contribution in [2.24, 2.45) is 0 Å². The van der Waals surface area contributed by atoms with Gasteiger partial charge in [-0.05, 0) is 35.7 Å². The number of aryl methyl sites for hydroxylation is 1. The van der Waals surface area contributed by atoms with Gasteiger partial charge in [0.2, 0.25) is 11.8 Å². The summed E-state index contributed by atoms with van der Waals surface area (Å²) in [6, 6.07) is 23.1. The average Bonchev–Trinajstić information content (AvgIpc) is 3.13. The van der Waals surface area contributed by atoms with Gasteiger partial charge in [-0.2, -0.15) is 0 Å². The molecule has 0 radical (unpaired) electrons. The summed E-state index contributed by atoms with van der Waals surface area (Å²) in [5, 5.41) is 0.797. The number of rotatable bonds is 6. The number of pyridine rings is 1. The molecular weight excluding hydrogens is 462 g/mol. The SMILES string of the molecule is Cc1cccc(C2CC(=O)N(Cc3ccccc3)C2=O)c1S(=O)(=O)Nc1cccc2cccnc12. The molecule has 4 aromatic rings. The standard InChI is InChI=1S/C27H23N3O4S/c1-18-8-5-13-21(22-16-24(31)30(27(22)32)17-19-9-3-2-4-10-19)26(18)35(33,34)29-23-14-6-11-20-12-7-15-28-25(20)23/h2-15,22,29H,16-17H2,1H3. The molecule has 1 saturated heterocycles. The molecule has 1 N–H and O–H groups in total. The molecule has 1 atom stereocenters. The first-order valence-corrected chi connectivity index (χ1v) is 12.7. The van der Waals surface area contributed by atoms with Crippen LogP contribution in [-0.4, -0.2) is 30.1 Å². The maximum atomic E-state index is 13.7. The molecule has 0 spiro atoms. The molecule has 7 nitrogen and oxygen atoms in total. The minimum absolute atomic E-state index is 0.0145. The summed E-state index contributed by atoms with van der Waals surface area (Å²) >= 11 is 0. The number of carbonyl (C=O) groups is 2. The van der Waals surface area contributed by atoms with Crippen LogP contribution < -0.4 is 4.72 Å². The number of carbonyl (C=O) groups excluding carboxylic acids is 2. The van der Waals surface area contributed by atoms with Crippen molar-refractivity contribution in [2.45, 2.75) is 30.7 Å². The predicted molar refractivity (Wildman–Crippen MR) is 133 cm³/mol. The lowest BCUT2D eigenvalue weighted by Crippen LogP contribution is -2.30. The maximum Gasteiger partial charge on any atom is 0.262 e. The number of nitrogens with zero attached hydrogens (tertiary/aromatic N) is 2. The summed E-state index contributed by atoms with van der Waals surface area (Å²) in [4.78, 5) is 31.7. The first kappa shape index (κ1) is 22.7. The molecule has 1 fully saturated rings. The van der Waals surface area contributed by atoms with E-state index in [0.717, 1.165) is 10.9 Å². The van der Waals surface area contributed by atoms with Crippen LogP contribution in [-0.2, 0) is 26.2 Å². The van der Waals surface area contributed by atoms with Gasteiger partial charge in [-0.15, -0.1) is 0 Å². The molecule has 35 heavy (non-hydrogen) atoms. The van der Waals surface area contributed by atoms with Crippen LogP contribution >= 0.6 is 0 Å². The summed E-state index contributed by atoms with van der Waals surface area (Å²) < 4.78 is 30.0. The zero-order valence-electron chi connectivity index (χ0n) is 19.0.